The third kappa shape index (κ3) is 3.77. The molecule has 4 nitrogen and oxygen atoms in total. The van der Waals surface area contributed by atoms with Crippen LogP contribution in [0.15, 0.2) is 24.3 Å². The van der Waals surface area contributed by atoms with E-state index in [2.05, 4.69) is 47.9 Å². The quantitative estimate of drug-likeness (QED) is 0.651. The molecule has 0 amide bonds. The molecule has 0 aromatic heterocycles. The van der Waals surface area contributed by atoms with E-state index >= 15 is 0 Å². The number of carbonyl (C=O) groups is 1. The van der Waals surface area contributed by atoms with Gasteiger partial charge in [0.05, 0.1) is 5.41 Å². The summed E-state index contributed by atoms with van der Waals surface area (Å²) in [6.07, 6.45) is 7.97. The predicted octanol–water partition coefficient (Wildman–Crippen LogP) is 4.83. The van der Waals surface area contributed by atoms with Gasteiger partial charge in [-0.2, -0.15) is 0 Å². The molecule has 4 fully saturated rings. The molecule has 1 aromatic carbocycles. The van der Waals surface area contributed by atoms with Gasteiger partial charge in [0.15, 0.2) is 0 Å². The van der Waals surface area contributed by atoms with Gasteiger partial charge in [-0.25, -0.2) is 0 Å². The highest BCUT2D eigenvalue weighted by Gasteiger charge is 2.49. The first kappa shape index (κ1) is 20.4. The standard InChI is InChI=1S/C26H38N2O2/c1-19(2)23-8-4-5-9-24(23)28-17-20-15-27(16-21(20)18-28)13-10-22-14-26(25(29)30-22)11-6-3-7-12-26/h4-5,8-9,19-22H,3,6-7,10-18H2,1-2H3. The number of hydrogen-bond acceptors (Lipinski definition) is 4. The molecule has 4 aliphatic rings. The molecule has 0 N–H and O–H groups in total. The fourth-order valence-corrected chi connectivity index (χ4v) is 6.69. The molecule has 3 aliphatic heterocycles. The van der Waals surface area contributed by atoms with Gasteiger partial charge in [-0.15, -0.1) is 0 Å². The smallest absolute Gasteiger partial charge is 0.312 e. The van der Waals surface area contributed by atoms with Gasteiger partial charge < -0.3 is 14.5 Å². The maximum atomic E-state index is 12.5. The highest BCUT2D eigenvalue weighted by molar-refractivity contribution is 5.79. The number of ether oxygens (including phenoxy) is 1. The van der Waals surface area contributed by atoms with Gasteiger partial charge in [0.25, 0.3) is 0 Å². The van der Waals surface area contributed by atoms with Crippen LogP contribution in [0.2, 0.25) is 0 Å². The average Bonchev–Trinajstić information content (AvgIpc) is 3.39. The summed E-state index contributed by atoms with van der Waals surface area (Å²) >= 11 is 0. The Bertz CT molecular complexity index is 756. The molecule has 3 saturated heterocycles. The molecular weight excluding hydrogens is 372 g/mol. The Labute approximate surface area is 182 Å². The second kappa shape index (κ2) is 8.18. The van der Waals surface area contributed by atoms with Crippen molar-refractivity contribution < 1.29 is 9.53 Å². The van der Waals surface area contributed by atoms with Gasteiger partial charge in [0.1, 0.15) is 6.10 Å². The topological polar surface area (TPSA) is 32.8 Å². The highest BCUT2D eigenvalue weighted by atomic mass is 16.6. The monoisotopic (exact) mass is 410 g/mol. The fraction of sp³-hybridized carbons (Fsp3) is 0.731. The first-order valence-corrected chi connectivity index (χ1v) is 12.3. The number of nitrogens with zero attached hydrogens (tertiary/aromatic N) is 2. The number of fused-ring (bicyclic) bond motifs is 1. The zero-order valence-electron chi connectivity index (χ0n) is 18.8. The Morgan fingerprint density at radius 3 is 2.43 bits per heavy atom. The van der Waals surface area contributed by atoms with Crippen molar-refractivity contribution in [3.63, 3.8) is 0 Å². The molecule has 3 atom stereocenters. The zero-order chi connectivity index (χ0) is 20.7. The van der Waals surface area contributed by atoms with E-state index in [4.69, 9.17) is 4.74 Å². The van der Waals surface area contributed by atoms with Crippen LogP contribution in [0.1, 0.15) is 70.3 Å². The lowest BCUT2D eigenvalue weighted by Gasteiger charge is -2.29. The van der Waals surface area contributed by atoms with Crippen molar-refractivity contribution in [3.05, 3.63) is 29.8 Å². The Morgan fingerprint density at radius 2 is 1.73 bits per heavy atom. The minimum absolute atomic E-state index is 0.116. The summed E-state index contributed by atoms with van der Waals surface area (Å²) < 4.78 is 5.85. The van der Waals surface area contributed by atoms with E-state index in [1.807, 2.05) is 0 Å². The van der Waals surface area contributed by atoms with Crippen molar-refractivity contribution in [2.75, 3.05) is 37.6 Å². The molecular formula is C26H38N2O2. The zero-order valence-corrected chi connectivity index (χ0v) is 18.8. The lowest BCUT2D eigenvalue weighted by molar-refractivity contribution is -0.150. The average molecular weight is 411 g/mol. The molecule has 1 spiro atoms. The van der Waals surface area contributed by atoms with E-state index in [-0.39, 0.29) is 17.5 Å². The van der Waals surface area contributed by atoms with E-state index in [9.17, 15) is 4.79 Å². The number of esters is 1. The van der Waals surface area contributed by atoms with Crippen LogP contribution in [0.5, 0.6) is 0 Å². The molecule has 1 aliphatic carbocycles. The molecule has 4 heteroatoms. The van der Waals surface area contributed by atoms with Crippen molar-refractivity contribution >= 4 is 11.7 Å². The minimum Gasteiger partial charge on any atom is -0.462 e. The number of carbonyl (C=O) groups excluding carboxylic acids is 1. The third-order valence-electron chi connectivity index (χ3n) is 8.36. The molecule has 0 radical (unpaired) electrons. The van der Waals surface area contributed by atoms with Crippen LogP contribution < -0.4 is 4.90 Å². The van der Waals surface area contributed by atoms with E-state index in [0.29, 0.717) is 5.92 Å². The van der Waals surface area contributed by atoms with Gasteiger partial charge in [-0.3, -0.25) is 4.79 Å². The van der Waals surface area contributed by atoms with Crippen LogP contribution >= 0.6 is 0 Å². The summed E-state index contributed by atoms with van der Waals surface area (Å²) in [5.74, 6) is 2.24. The largest absolute Gasteiger partial charge is 0.462 e. The second-order valence-electron chi connectivity index (χ2n) is 10.8. The van der Waals surface area contributed by atoms with Crippen molar-refractivity contribution in [1.82, 2.24) is 4.90 Å². The summed E-state index contributed by atoms with van der Waals surface area (Å²) in [7, 11) is 0. The SMILES string of the molecule is CC(C)c1ccccc1N1CC2CN(CCC3CC4(CCCCC4)C(=O)O3)CC2C1. The Kier molecular flexibility index (Phi) is 5.55. The van der Waals surface area contributed by atoms with E-state index in [0.717, 1.165) is 44.1 Å². The van der Waals surface area contributed by atoms with Gasteiger partial charge in [0.2, 0.25) is 0 Å². The lowest BCUT2D eigenvalue weighted by Crippen LogP contribution is -2.31. The van der Waals surface area contributed by atoms with Crippen LogP contribution in [0.25, 0.3) is 0 Å². The van der Waals surface area contributed by atoms with E-state index < -0.39 is 0 Å². The van der Waals surface area contributed by atoms with Crippen LogP contribution in [0, 0.1) is 17.3 Å². The fourth-order valence-electron chi connectivity index (χ4n) is 6.69. The summed E-state index contributed by atoms with van der Waals surface area (Å²) in [6.45, 7) is 10.5. The first-order valence-electron chi connectivity index (χ1n) is 12.3. The Balaban J connectivity index is 1.13. The predicted molar refractivity (Wildman–Crippen MR) is 121 cm³/mol. The van der Waals surface area contributed by atoms with Crippen LogP contribution in [0.4, 0.5) is 5.69 Å². The van der Waals surface area contributed by atoms with Crippen molar-refractivity contribution in [2.24, 2.45) is 17.3 Å². The number of cyclic esters (lactones) is 1. The van der Waals surface area contributed by atoms with E-state index in [1.165, 1.54) is 56.7 Å². The molecule has 0 bridgehead atoms. The highest BCUT2D eigenvalue weighted by Crippen LogP contribution is 2.47. The summed E-state index contributed by atoms with van der Waals surface area (Å²) in [5, 5.41) is 0. The second-order valence-corrected chi connectivity index (χ2v) is 10.8. The van der Waals surface area contributed by atoms with Gasteiger partial charge in [-0.1, -0.05) is 51.3 Å². The molecule has 1 saturated carbocycles. The Hall–Kier alpha value is -1.55. The maximum Gasteiger partial charge on any atom is 0.312 e. The summed E-state index contributed by atoms with van der Waals surface area (Å²) in [6, 6.07) is 8.96. The van der Waals surface area contributed by atoms with Crippen molar-refractivity contribution in [1.29, 1.82) is 0 Å². The van der Waals surface area contributed by atoms with E-state index in [1.54, 1.807) is 0 Å². The van der Waals surface area contributed by atoms with Crippen LogP contribution in [-0.4, -0.2) is 49.7 Å². The molecule has 3 heterocycles. The van der Waals surface area contributed by atoms with Crippen LogP contribution in [-0.2, 0) is 9.53 Å². The molecule has 5 rings (SSSR count). The molecule has 3 unspecified atom stereocenters. The van der Waals surface area contributed by atoms with Crippen molar-refractivity contribution in [2.45, 2.75) is 70.8 Å². The summed E-state index contributed by atoms with van der Waals surface area (Å²) in [4.78, 5) is 17.8. The molecule has 30 heavy (non-hydrogen) atoms. The number of anilines is 1. The summed E-state index contributed by atoms with van der Waals surface area (Å²) in [5.41, 5.74) is 2.81. The molecule has 1 aromatic rings. The first-order chi connectivity index (χ1) is 14.5. The van der Waals surface area contributed by atoms with Gasteiger partial charge >= 0.3 is 5.97 Å². The normalized spacial score (nSPS) is 31.0. The number of para-hydroxylation sites is 1. The number of rotatable bonds is 5. The van der Waals surface area contributed by atoms with Gasteiger partial charge in [0, 0.05) is 44.8 Å². The molecule has 164 valence electrons. The third-order valence-corrected chi connectivity index (χ3v) is 8.36. The van der Waals surface area contributed by atoms with Crippen molar-refractivity contribution in [3.8, 4) is 0 Å². The minimum atomic E-state index is -0.116. The van der Waals surface area contributed by atoms with Gasteiger partial charge in [-0.05, 0) is 48.6 Å². The number of likely N-dealkylation sites (tertiary alicyclic amines) is 1. The Morgan fingerprint density at radius 1 is 1.03 bits per heavy atom. The number of benzene rings is 1. The maximum absolute atomic E-state index is 12.5. The van der Waals surface area contributed by atoms with Crippen LogP contribution in [0.3, 0.4) is 0 Å². The number of hydrogen-bond donors (Lipinski definition) is 0. The lowest BCUT2D eigenvalue weighted by atomic mass is 9.72.